The normalized spacial score (nSPS) is 14.4. The molecule has 0 aromatic heterocycles. The van der Waals surface area contributed by atoms with Crippen LogP contribution in [0.5, 0.6) is 0 Å². The zero-order chi connectivity index (χ0) is 11.8. The number of hydrogen-bond donors (Lipinski definition) is 1. The number of nitrogens with one attached hydrogen (secondary N) is 1. The Balaban J connectivity index is 4.00. The first-order valence-corrected chi connectivity index (χ1v) is 5.87. The van der Waals surface area contributed by atoms with Gasteiger partial charge in [-0.3, -0.25) is 14.9 Å². The largest absolute Gasteiger partial charge is 0.296 e. The summed E-state index contributed by atoms with van der Waals surface area (Å²) in [6.07, 6.45) is 3.60. The van der Waals surface area contributed by atoms with Crippen LogP contribution in [0.2, 0.25) is 0 Å². The van der Waals surface area contributed by atoms with Crippen molar-refractivity contribution in [2.24, 2.45) is 11.8 Å². The average molecular weight is 213 g/mol. The molecule has 0 radical (unpaired) electrons. The average Bonchev–Trinajstić information content (AvgIpc) is 2.18. The van der Waals surface area contributed by atoms with Gasteiger partial charge in [0.05, 0.1) is 0 Å². The van der Waals surface area contributed by atoms with Gasteiger partial charge in [0.15, 0.2) is 0 Å². The first-order valence-electron chi connectivity index (χ1n) is 5.87. The van der Waals surface area contributed by atoms with Crippen LogP contribution in [0.3, 0.4) is 0 Å². The highest BCUT2D eigenvalue weighted by molar-refractivity contribution is 5.96. The van der Waals surface area contributed by atoms with Crippen molar-refractivity contribution >= 4 is 11.8 Å². The molecule has 3 nitrogen and oxygen atoms in total. The van der Waals surface area contributed by atoms with Crippen molar-refractivity contribution in [1.82, 2.24) is 5.32 Å². The minimum atomic E-state index is -0.134. The highest BCUT2D eigenvalue weighted by atomic mass is 16.2. The van der Waals surface area contributed by atoms with E-state index in [-0.39, 0.29) is 23.7 Å². The fraction of sp³-hybridized carbons (Fsp3) is 0.833. The van der Waals surface area contributed by atoms with Crippen molar-refractivity contribution in [2.45, 2.75) is 53.4 Å². The maximum absolute atomic E-state index is 11.5. The van der Waals surface area contributed by atoms with Gasteiger partial charge in [-0.2, -0.15) is 0 Å². The monoisotopic (exact) mass is 213 g/mol. The maximum atomic E-state index is 11.5. The van der Waals surface area contributed by atoms with E-state index in [4.69, 9.17) is 0 Å². The molecule has 3 heteroatoms. The summed E-state index contributed by atoms with van der Waals surface area (Å²) in [5, 5.41) is 2.47. The number of carbonyl (C=O) groups excluding carboxylic acids is 2. The number of hydrogen-bond acceptors (Lipinski definition) is 2. The third-order valence-corrected chi connectivity index (χ3v) is 2.58. The Labute approximate surface area is 92.6 Å². The van der Waals surface area contributed by atoms with Gasteiger partial charge in [0.25, 0.3) is 0 Å². The molecule has 15 heavy (non-hydrogen) atoms. The van der Waals surface area contributed by atoms with Crippen molar-refractivity contribution in [2.75, 3.05) is 0 Å². The SMILES string of the molecule is CCCC(C)C(=O)NC(=O)C(C)CCC. The molecule has 0 aliphatic heterocycles. The van der Waals surface area contributed by atoms with Gasteiger partial charge in [0, 0.05) is 11.8 Å². The van der Waals surface area contributed by atoms with Gasteiger partial charge in [-0.1, -0.05) is 40.5 Å². The number of rotatable bonds is 6. The van der Waals surface area contributed by atoms with Crippen LogP contribution in [0.25, 0.3) is 0 Å². The van der Waals surface area contributed by atoms with Crippen LogP contribution in [-0.4, -0.2) is 11.8 Å². The first-order chi connectivity index (χ1) is 7.02. The zero-order valence-corrected chi connectivity index (χ0v) is 10.3. The van der Waals surface area contributed by atoms with Crippen molar-refractivity contribution in [3.63, 3.8) is 0 Å². The molecule has 0 spiro atoms. The second kappa shape index (κ2) is 7.43. The number of imide groups is 1. The molecule has 88 valence electrons. The van der Waals surface area contributed by atoms with E-state index in [1.807, 2.05) is 27.7 Å². The van der Waals surface area contributed by atoms with E-state index in [9.17, 15) is 9.59 Å². The minimum Gasteiger partial charge on any atom is -0.296 e. The standard InChI is InChI=1S/C12H23NO2/c1-5-7-9(3)11(14)13-12(15)10(4)8-6-2/h9-10H,5-8H2,1-4H3,(H,13,14,15). The van der Waals surface area contributed by atoms with Crippen molar-refractivity contribution in [1.29, 1.82) is 0 Å². The van der Waals surface area contributed by atoms with Crippen LogP contribution in [0.1, 0.15) is 53.4 Å². The molecule has 0 aliphatic carbocycles. The molecule has 2 atom stereocenters. The van der Waals surface area contributed by atoms with E-state index >= 15 is 0 Å². The van der Waals surface area contributed by atoms with E-state index in [0.717, 1.165) is 25.7 Å². The molecule has 2 unspecified atom stereocenters. The fourth-order valence-corrected chi connectivity index (χ4v) is 1.50. The van der Waals surface area contributed by atoms with E-state index in [1.165, 1.54) is 0 Å². The molecule has 1 N–H and O–H groups in total. The van der Waals surface area contributed by atoms with Gasteiger partial charge in [-0.25, -0.2) is 0 Å². The van der Waals surface area contributed by atoms with Gasteiger partial charge in [-0.05, 0) is 12.8 Å². The Morgan fingerprint density at radius 2 is 1.27 bits per heavy atom. The van der Waals surface area contributed by atoms with Gasteiger partial charge in [-0.15, -0.1) is 0 Å². The van der Waals surface area contributed by atoms with Crippen molar-refractivity contribution < 1.29 is 9.59 Å². The maximum Gasteiger partial charge on any atom is 0.229 e. The summed E-state index contributed by atoms with van der Waals surface area (Å²) >= 11 is 0. The fourth-order valence-electron chi connectivity index (χ4n) is 1.50. The Hall–Kier alpha value is -0.860. The van der Waals surface area contributed by atoms with Gasteiger partial charge in [0.2, 0.25) is 11.8 Å². The number of carbonyl (C=O) groups is 2. The van der Waals surface area contributed by atoms with Crippen LogP contribution < -0.4 is 5.32 Å². The lowest BCUT2D eigenvalue weighted by atomic mass is 10.0. The third-order valence-electron chi connectivity index (χ3n) is 2.58. The predicted octanol–water partition coefficient (Wildman–Crippen LogP) is 2.50. The second-order valence-electron chi connectivity index (χ2n) is 4.23. The first kappa shape index (κ1) is 14.1. The summed E-state index contributed by atoms with van der Waals surface area (Å²) in [5.74, 6) is -0.393. The van der Waals surface area contributed by atoms with Crippen LogP contribution in [-0.2, 0) is 9.59 Å². The molecule has 2 amide bonds. The molecule has 0 saturated heterocycles. The molecule has 0 aliphatic rings. The molecule has 0 aromatic rings. The molecular weight excluding hydrogens is 190 g/mol. The lowest BCUT2D eigenvalue weighted by molar-refractivity contribution is -0.134. The molecule has 0 aromatic carbocycles. The topological polar surface area (TPSA) is 46.2 Å². The quantitative estimate of drug-likeness (QED) is 0.737. The molecule has 0 rings (SSSR count). The minimum absolute atomic E-state index is 0.0622. The Kier molecular flexibility index (Phi) is 7.01. The van der Waals surface area contributed by atoms with Crippen molar-refractivity contribution in [3.8, 4) is 0 Å². The van der Waals surface area contributed by atoms with Crippen LogP contribution in [0, 0.1) is 11.8 Å². The van der Waals surface area contributed by atoms with Crippen molar-refractivity contribution in [3.05, 3.63) is 0 Å². The molecule has 0 heterocycles. The highest BCUT2D eigenvalue weighted by Gasteiger charge is 2.18. The summed E-state index contributed by atoms with van der Waals surface area (Å²) in [6.45, 7) is 7.78. The lowest BCUT2D eigenvalue weighted by Crippen LogP contribution is -2.37. The summed E-state index contributed by atoms with van der Waals surface area (Å²) in [6, 6.07) is 0. The van der Waals surface area contributed by atoms with Crippen LogP contribution in [0.15, 0.2) is 0 Å². The van der Waals surface area contributed by atoms with E-state index in [0.29, 0.717) is 0 Å². The van der Waals surface area contributed by atoms with Crippen LogP contribution >= 0.6 is 0 Å². The van der Waals surface area contributed by atoms with Gasteiger partial charge >= 0.3 is 0 Å². The van der Waals surface area contributed by atoms with E-state index < -0.39 is 0 Å². The van der Waals surface area contributed by atoms with Crippen LogP contribution in [0.4, 0.5) is 0 Å². The Morgan fingerprint density at radius 3 is 1.53 bits per heavy atom. The molecule has 0 fully saturated rings. The molecular formula is C12H23NO2. The Morgan fingerprint density at radius 1 is 0.933 bits per heavy atom. The summed E-state index contributed by atoms with van der Waals surface area (Å²) < 4.78 is 0. The Bertz CT molecular complexity index is 192. The van der Waals surface area contributed by atoms with E-state index in [1.54, 1.807) is 0 Å². The summed E-state index contributed by atoms with van der Waals surface area (Å²) in [5.41, 5.74) is 0. The summed E-state index contributed by atoms with van der Waals surface area (Å²) in [7, 11) is 0. The summed E-state index contributed by atoms with van der Waals surface area (Å²) in [4.78, 5) is 23.0. The smallest absolute Gasteiger partial charge is 0.229 e. The zero-order valence-electron chi connectivity index (χ0n) is 10.3. The third kappa shape index (κ3) is 5.55. The highest BCUT2D eigenvalue weighted by Crippen LogP contribution is 2.07. The predicted molar refractivity (Wildman–Crippen MR) is 61.3 cm³/mol. The second-order valence-corrected chi connectivity index (χ2v) is 4.23. The van der Waals surface area contributed by atoms with E-state index in [2.05, 4.69) is 5.32 Å². The lowest BCUT2D eigenvalue weighted by Gasteiger charge is -2.13. The number of amides is 2. The van der Waals surface area contributed by atoms with Gasteiger partial charge in [0.1, 0.15) is 0 Å². The molecule has 0 bridgehead atoms. The van der Waals surface area contributed by atoms with Gasteiger partial charge < -0.3 is 0 Å². The molecule has 0 saturated carbocycles.